The van der Waals surface area contributed by atoms with E-state index in [4.69, 9.17) is 5.73 Å². The first kappa shape index (κ1) is 10.7. The number of hydrogen-bond acceptors (Lipinski definition) is 4. The molecule has 0 bridgehead atoms. The number of rotatable bonds is 1. The molecule has 4 nitrogen and oxygen atoms in total. The number of nitrogens with two attached hydrogens (primary N) is 1. The van der Waals surface area contributed by atoms with Gasteiger partial charge in [0.05, 0.1) is 11.0 Å². The zero-order chi connectivity index (χ0) is 12.0. The lowest BCUT2D eigenvalue weighted by molar-refractivity contribution is 0.953. The fourth-order valence-corrected chi connectivity index (χ4v) is 2.68. The second-order valence-corrected chi connectivity index (χ2v) is 5.50. The third kappa shape index (κ3) is 1.73. The number of thiazole rings is 1. The summed E-state index contributed by atoms with van der Waals surface area (Å²) in [6.45, 7) is 0. The lowest BCUT2D eigenvalue weighted by Crippen LogP contribution is -1.93. The van der Waals surface area contributed by atoms with Crippen LogP contribution in [0.5, 0.6) is 0 Å². The highest BCUT2D eigenvalue weighted by molar-refractivity contribution is 9.10. The molecule has 0 atom stereocenters. The van der Waals surface area contributed by atoms with Gasteiger partial charge >= 0.3 is 0 Å². The summed E-state index contributed by atoms with van der Waals surface area (Å²) >= 11 is 4.87. The van der Waals surface area contributed by atoms with Crippen molar-refractivity contribution >= 4 is 43.4 Å². The summed E-state index contributed by atoms with van der Waals surface area (Å²) in [5.41, 5.74) is 8.49. The molecule has 0 saturated carbocycles. The van der Waals surface area contributed by atoms with E-state index >= 15 is 0 Å². The van der Waals surface area contributed by atoms with Crippen LogP contribution >= 0.6 is 27.3 Å². The topological polar surface area (TPSA) is 56.7 Å². The van der Waals surface area contributed by atoms with Crippen LogP contribution in [0.15, 0.2) is 28.1 Å². The molecule has 17 heavy (non-hydrogen) atoms. The van der Waals surface area contributed by atoms with Crippen molar-refractivity contribution in [3.63, 3.8) is 0 Å². The molecule has 0 aliphatic heterocycles. The minimum Gasteiger partial charge on any atom is -0.375 e. The highest BCUT2D eigenvalue weighted by Gasteiger charge is 2.12. The van der Waals surface area contributed by atoms with Gasteiger partial charge in [-0.15, -0.1) is 11.3 Å². The van der Waals surface area contributed by atoms with Crippen molar-refractivity contribution < 1.29 is 0 Å². The molecular formula is C11H9BrN4S. The number of nitrogen functional groups attached to an aromatic ring is 1. The van der Waals surface area contributed by atoms with Gasteiger partial charge in [-0.2, -0.15) is 0 Å². The number of aryl methyl sites for hydroxylation is 1. The fraction of sp³-hybridized carbons (Fsp3) is 0.0909. The maximum Gasteiger partial charge on any atom is 0.180 e. The van der Waals surface area contributed by atoms with Crippen molar-refractivity contribution in [1.29, 1.82) is 0 Å². The molecule has 3 aromatic rings. The van der Waals surface area contributed by atoms with E-state index in [1.165, 1.54) is 11.3 Å². The van der Waals surface area contributed by atoms with Crippen LogP contribution in [-0.2, 0) is 7.05 Å². The van der Waals surface area contributed by atoms with E-state index in [1.807, 2.05) is 35.2 Å². The van der Waals surface area contributed by atoms with E-state index in [-0.39, 0.29) is 0 Å². The molecule has 0 unspecified atom stereocenters. The van der Waals surface area contributed by atoms with Gasteiger partial charge in [0.1, 0.15) is 5.69 Å². The predicted octanol–water partition coefficient (Wildman–Crippen LogP) is 3.04. The fourth-order valence-electron chi connectivity index (χ4n) is 1.79. The van der Waals surface area contributed by atoms with Gasteiger partial charge in [-0.05, 0) is 18.2 Å². The summed E-state index contributed by atoms with van der Waals surface area (Å²) in [6.07, 6.45) is 0. The van der Waals surface area contributed by atoms with Crippen LogP contribution in [0, 0.1) is 0 Å². The number of aromatic nitrogens is 3. The average Bonchev–Trinajstić information content (AvgIpc) is 2.83. The maximum atomic E-state index is 5.65. The molecule has 3 rings (SSSR count). The molecule has 0 radical (unpaired) electrons. The lowest BCUT2D eigenvalue weighted by Gasteiger charge is -1.98. The lowest BCUT2D eigenvalue weighted by atomic mass is 10.3. The molecule has 0 aliphatic rings. The van der Waals surface area contributed by atoms with Crippen molar-refractivity contribution in [3.8, 4) is 11.5 Å². The van der Waals surface area contributed by atoms with E-state index < -0.39 is 0 Å². The quantitative estimate of drug-likeness (QED) is 0.751. The van der Waals surface area contributed by atoms with Crippen LogP contribution in [0.1, 0.15) is 0 Å². The van der Waals surface area contributed by atoms with Crippen molar-refractivity contribution in [2.75, 3.05) is 5.73 Å². The van der Waals surface area contributed by atoms with E-state index in [9.17, 15) is 0 Å². The molecular weight excluding hydrogens is 300 g/mol. The van der Waals surface area contributed by atoms with Gasteiger partial charge in [0.25, 0.3) is 0 Å². The molecule has 86 valence electrons. The third-order valence-corrected chi connectivity index (χ3v) is 3.76. The smallest absolute Gasteiger partial charge is 0.180 e. The molecule has 0 spiro atoms. The molecule has 0 fully saturated rings. The Balaban J connectivity index is 2.27. The van der Waals surface area contributed by atoms with Gasteiger partial charge in [0.2, 0.25) is 0 Å². The first-order valence-electron chi connectivity index (χ1n) is 4.98. The first-order chi connectivity index (χ1) is 8.15. The predicted molar refractivity (Wildman–Crippen MR) is 73.9 cm³/mol. The van der Waals surface area contributed by atoms with E-state index in [2.05, 4.69) is 25.9 Å². The zero-order valence-electron chi connectivity index (χ0n) is 9.01. The first-order valence-corrected chi connectivity index (χ1v) is 6.66. The molecule has 2 heterocycles. The van der Waals surface area contributed by atoms with Crippen LogP contribution in [0.25, 0.3) is 22.6 Å². The van der Waals surface area contributed by atoms with Crippen LogP contribution in [0.2, 0.25) is 0 Å². The van der Waals surface area contributed by atoms with Gasteiger partial charge in [0, 0.05) is 16.9 Å². The largest absolute Gasteiger partial charge is 0.375 e. The number of hydrogen-bond donors (Lipinski definition) is 1. The Kier molecular flexibility index (Phi) is 2.41. The van der Waals surface area contributed by atoms with Gasteiger partial charge in [0.15, 0.2) is 11.0 Å². The van der Waals surface area contributed by atoms with Gasteiger partial charge in [-0.3, -0.25) is 0 Å². The summed E-state index contributed by atoms with van der Waals surface area (Å²) in [4.78, 5) is 8.84. The van der Waals surface area contributed by atoms with Crippen molar-refractivity contribution in [1.82, 2.24) is 14.5 Å². The SMILES string of the molecule is Cn1c(-c2csc(N)n2)nc2cc(Br)ccc21. The Labute approximate surface area is 110 Å². The number of fused-ring (bicyclic) bond motifs is 1. The summed E-state index contributed by atoms with van der Waals surface area (Å²) in [7, 11) is 1.98. The minimum atomic E-state index is 0.563. The van der Waals surface area contributed by atoms with Crippen LogP contribution < -0.4 is 5.73 Å². The average molecular weight is 309 g/mol. The van der Waals surface area contributed by atoms with Crippen LogP contribution in [-0.4, -0.2) is 14.5 Å². The van der Waals surface area contributed by atoms with Gasteiger partial charge < -0.3 is 10.3 Å². The van der Waals surface area contributed by atoms with Crippen LogP contribution in [0.3, 0.4) is 0 Å². The zero-order valence-corrected chi connectivity index (χ0v) is 11.4. The Morgan fingerprint density at radius 3 is 2.88 bits per heavy atom. The highest BCUT2D eigenvalue weighted by Crippen LogP contribution is 2.27. The third-order valence-electron chi connectivity index (χ3n) is 2.59. The van der Waals surface area contributed by atoms with E-state index in [0.29, 0.717) is 5.13 Å². The number of halogens is 1. The minimum absolute atomic E-state index is 0.563. The van der Waals surface area contributed by atoms with Crippen molar-refractivity contribution in [3.05, 3.63) is 28.1 Å². The van der Waals surface area contributed by atoms with E-state index in [1.54, 1.807) is 0 Å². The number of nitrogens with zero attached hydrogens (tertiary/aromatic N) is 3. The second-order valence-electron chi connectivity index (χ2n) is 3.70. The number of benzene rings is 1. The molecule has 6 heteroatoms. The number of imidazole rings is 1. The number of anilines is 1. The second kappa shape index (κ2) is 3.82. The molecule has 2 aromatic heterocycles. The Morgan fingerprint density at radius 2 is 2.18 bits per heavy atom. The molecule has 0 amide bonds. The molecule has 2 N–H and O–H groups in total. The van der Waals surface area contributed by atoms with Crippen molar-refractivity contribution in [2.24, 2.45) is 7.05 Å². The molecule has 0 aliphatic carbocycles. The van der Waals surface area contributed by atoms with E-state index in [0.717, 1.165) is 27.0 Å². The summed E-state index contributed by atoms with van der Waals surface area (Å²) in [5, 5.41) is 2.49. The van der Waals surface area contributed by atoms with Gasteiger partial charge in [-0.25, -0.2) is 9.97 Å². The monoisotopic (exact) mass is 308 g/mol. The summed E-state index contributed by atoms with van der Waals surface area (Å²) in [6, 6.07) is 6.03. The highest BCUT2D eigenvalue weighted by atomic mass is 79.9. The normalized spacial score (nSPS) is 11.2. The summed E-state index contributed by atoms with van der Waals surface area (Å²) in [5.74, 6) is 0.839. The van der Waals surface area contributed by atoms with Crippen molar-refractivity contribution in [2.45, 2.75) is 0 Å². The van der Waals surface area contributed by atoms with Gasteiger partial charge in [-0.1, -0.05) is 15.9 Å². The molecule has 0 saturated heterocycles. The Hall–Kier alpha value is -1.40. The summed E-state index contributed by atoms with van der Waals surface area (Å²) < 4.78 is 3.04. The standard InChI is InChI=1S/C11H9BrN4S/c1-16-9-3-2-6(12)4-7(9)14-10(16)8-5-17-11(13)15-8/h2-5H,1H3,(H2,13,15). The molecule has 1 aromatic carbocycles. The van der Waals surface area contributed by atoms with Crippen LogP contribution in [0.4, 0.5) is 5.13 Å². The Morgan fingerprint density at radius 1 is 1.35 bits per heavy atom. The Bertz CT molecular complexity index is 701. The maximum absolute atomic E-state index is 5.65.